The number of nitrogens with zero attached hydrogens (tertiary/aromatic N) is 1. The Balaban J connectivity index is 1.65. The molecule has 2 heteroatoms. The van der Waals surface area contributed by atoms with E-state index in [1.165, 1.54) is 33.3 Å². The van der Waals surface area contributed by atoms with Gasteiger partial charge in [0.2, 0.25) is 0 Å². The van der Waals surface area contributed by atoms with Gasteiger partial charge in [0.1, 0.15) is 0 Å². The second-order valence-corrected chi connectivity index (χ2v) is 7.08. The number of nitrogens with one attached hydrogen (secondary N) is 1. The van der Waals surface area contributed by atoms with Crippen molar-refractivity contribution < 1.29 is 0 Å². The minimum absolute atomic E-state index is 0.463. The number of pyridine rings is 1. The molecule has 5 rings (SSSR count). The van der Waals surface area contributed by atoms with Crippen molar-refractivity contribution in [1.82, 2.24) is 4.98 Å². The van der Waals surface area contributed by atoms with Gasteiger partial charge in [-0.1, -0.05) is 60.7 Å². The summed E-state index contributed by atoms with van der Waals surface area (Å²) in [5.41, 5.74) is 7.59. The highest BCUT2D eigenvalue weighted by atomic mass is 14.9. The lowest BCUT2D eigenvalue weighted by molar-refractivity contribution is 0.839. The lowest BCUT2D eigenvalue weighted by Gasteiger charge is -2.26. The van der Waals surface area contributed by atoms with Gasteiger partial charge in [0, 0.05) is 29.6 Å². The minimum Gasteiger partial charge on any atom is -0.379 e. The van der Waals surface area contributed by atoms with Crippen LogP contribution >= 0.6 is 0 Å². The fourth-order valence-corrected chi connectivity index (χ4v) is 4.24. The van der Waals surface area contributed by atoms with Crippen LogP contribution in [0.1, 0.15) is 30.4 Å². The molecule has 0 saturated heterocycles. The molecular weight excluding hydrogens is 316 g/mol. The molecule has 0 spiro atoms. The Morgan fingerprint density at radius 3 is 2.81 bits per heavy atom. The molecular formula is C24H22N2. The van der Waals surface area contributed by atoms with Gasteiger partial charge in [0.15, 0.2) is 0 Å². The largest absolute Gasteiger partial charge is 0.379 e. The molecule has 0 fully saturated rings. The van der Waals surface area contributed by atoms with Gasteiger partial charge in [-0.05, 0) is 42.0 Å². The predicted molar refractivity (Wildman–Crippen MR) is 111 cm³/mol. The van der Waals surface area contributed by atoms with Crippen LogP contribution in [0, 0.1) is 5.92 Å². The highest BCUT2D eigenvalue weighted by Gasteiger charge is 2.22. The first-order chi connectivity index (χ1) is 12.9. The van der Waals surface area contributed by atoms with Crippen molar-refractivity contribution in [2.24, 2.45) is 5.92 Å². The van der Waals surface area contributed by atoms with Gasteiger partial charge in [-0.25, -0.2) is 0 Å². The number of allylic oxidation sites excluding steroid dienone is 9. The molecule has 2 heterocycles. The van der Waals surface area contributed by atoms with Gasteiger partial charge in [-0.15, -0.1) is 0 Å². The fourth-order valence-electron chi connectivity index (χ4n) is 4.24. The smallest absolute Gasteiger partial charge is 0.0945 e. The fraction of sp³-hybridized carbons (Fsp3) is 0.208. The van der Waals surface area contributed by atoms with E-state index in [0.717, 1.165) is 31.3 Å². The Kier molecular flexibility index (Phi) is 3.82. The molecule has 2 aromatic rings. The highest BCUT2D eigenvalue weighted by Crippen LogP contribution is 2.40. The van der Waals surface area contributed by atoms with Crippen LogP contribution in [0.3, 0.4) is 0 Å². The number of fused-ring (bicyclic) bond motifs is 3. The van der Waals surface area contributed by atoms with E-state index in [1.54, 1.807) is 0 Å². The molecule has 1 atom stereocenters. The SMILES string of the molecule is C1=CCC(C2=CCNc3c2ccc2c(C4=CCCC=C4)ccnc32)C=C1. The minimum atomic E-state index is 0.463. The van der Waals surface area contributed by atoms with Crippen LogP contribution < -0.4 is 5.32 Å². The van der Waals surface area contributed by atoms with E-state index < -0.39 is 0 Å². The number of hydrogen-bond donors (Lipinski definition) is 1. The summed E-state index contributed by atoms with van der Waals surface area (Å²) in [6.45, 7) is 0.865. The van der Waals surface area contributed by atoms with Crippen LogP contribution in [0.5, 0.6) is 0 Å². The molecule has 0 bridgehead atoms. The van der Waals surface area contributed by atoms with Gasteiger partial charge in [-0.3, -0.25) is 4.98 Å². The summed E-state index contributed by atoms with van der Waals surface area (Å²) in [6.07, 6.45) is 23.3. The van der Waals surface area contributed by atoms with E-state index in [0.29, 0.717) is 5.92 Å². The average molecular weight is 338 g/mol. The van der Waals surface area contributed by atoms with Crippen molar-refractivity contribution in [2.75, 3.05) is 11.9 Å². The zero-order chi connectivity index (χ0) is 17.3. The van der Waals surface area contributed by atoms with E-state index in [2.05, 4.69) is 72.1 Å². The van der Waals surface area contributed by atoms with Gasteiger partial charge in [0.25, 0.3) is 0 Å². The molecule has 2 aliphatic carbocycles. The molecule has 0 saturated carbocycles. The van der Waals surface area contributed by atoms with Crippen molar-refractivity contribution in [3.8, 4) is 0 Å². The maximum absolute atomic E-state index is 4.76. The molecule has 1 unspecified atom stereocenters. The van der Waals surface area contributed by atoms with Crippen LogP contribution in [-0.4, -0.2) is 11.5 Å². The molecule has 0 amide bonds. The quantitative estimate of drug-likeness (QED) is 0.736. The summed E-state index contributed by atoms with van der Waals surface area (Å²) in [5, 5.41) is 4.82. The summed E-state index contributed by atoms with van der Waals surface area (Å²) >= 11 is 0. The Bertz CT molecular complexity index is 1020. The Hall–Kier alpha value is -2.87. The van der Waals surface area contributed by atoms with Crippen molar-refractivity contribution in [2.45, 2.75) is 19.3 Å². The molecule has 1 N–H and O–H groups in total. The zero-order valence-electron chi connectivity index (χ0n) is 14.8. The van der Waals surface area contributed by atoms with Gasteiger partial charge >= 0.3 is 0 Å². The van der Waals surface area contributed by atoms with E-state index in [4.69, 9.17) is 4.98 Å². The summed E-state index contributed by atoms with van der Waals surface area (Å²) in [7, 11) is 0. The number of anilines is 1. The van der Waals surface area contributed by atoms with Crippen LogP contribution in [0.2, 0.25) is 0 Å². The molecule has 1 aromatic heterocycles. The summed E-state index contributed by atoms with van der Waals surface area (Å²) in [6, 6.07) is 6.67. The first-order valence-electron chi connectivity index (χ1n) is 9.48. The number of benzene rings is 1. The van der Waals surface area contributed by atoms with Gasteiger partial charge in [0.05, 0.1) is 11.2 Å². The average Bonchev–Trinajstić information content (AvgIpc) is 2.74. The van der Waals surface area contributed by atoms with Gasteiger partial charge in [-0.2, -0.15) is 0 Å². The lowest BCUT2D eigenvalue weighted by atomic mass is 9.84. The van der Waals surface area contributed by atoms with Crippen molar-refractivity contribution >= 4 is 27.7 Å². The third-order valence-corrected chi connectivity index (χ3v) is 5.51. The second kappa shape index (κ2) is 6.45. The third-order valence-electron chi connectivity index (χ3n) is 5.51. The van der Waals surface area contributed by atoms with E-state index >= 15 is 0 Å². The molecule has 0 radical (unpaired) electrons. The first kappa shape index (κ1) is 15.4. The second-order valence-electron chi connectivity index (χ2n) is 7.08. The van der Waals surface area contributed by atoms with E-state index in [9.17, 15) is 0 Å². The number of hydrogen-bond acceptors (Lipinski definition) is 2. The normalized spacial score (nSPS) is 21.2. The van der Waals surface area contributed by atoms with Crippen molar-refractivity contribution in [1.29, 1.82) is 0 Å². The van der Waals surface area contributed by atoms with Gasteiger partial charge < -0.3 is 5.32 Å². The molecule has 26 heavy (non-hydrogen) atoms. The number of rotatable bonds is 2. The van der Waals surface area contributed by atoms with Crippen molar-refractivity contribution in [3.05, 3.63) is 84.1 Å². The summed E-state index contributed by atoms with van der Waals surface area (Å²) < 4.78 is 0. The summed E-state index contributed by atoms with van der Waals surface area (Å²) in [5.74, 6) is 0.463. The third kappa shape index (κ3) is 2.53. The van der Waals surface area contributed by atoms with E-state index in [1.807, 2.05) is 6.20 Å². The van der Waals surface area contributed by atoms with Crippen LogP contribution in [0.15, 0.2) is 73.0 Å². The monoisotopic (exact) mass is 338 g/mol. The van der Waals surface area contributed by atoms with Crippen molar-refractivity contribution in [3.63, 3.8) is 0 Å². The maximum atomic E-state index is 4.76. The molecule has 3 aliphatic rings. The topological polar surface area (TPSA) is 24.9 Å². The molecule has 1 aromatic carbocycles. The van der Waals surface area contributed by atoms with E-state index in [-0.39, 0.29) is 0 Å². The molecule has 128 valence electrons. The van der Waals surface area contributed by atoms with Crippen LogP contribution in [0.25, 0.3) is 22.0 Å². The Morgan fingerprint density at radius 1 is 0.962 bits per heavy atom. The predicted octanol–water partition coefficient (Wildman–Crippen LogP) is 5.91. The maximum Gasteiger partial charge on any atom is 0.0945 e. The molecule has 1 aliphatic heterocycles. The Morgan fingerprint density at radius 2 is 1.96 bits per heavy atom. The highest BCUT2D eigenvalue weighted by molar-refractivity contribution is 6.04. The standard InChI is InChI=1S/C24H22N2/c1-3-7-17(8-4-1)19-13-15-25-23-21(19)11-12-22-20(14-16-26-24(22)23)18-9-5-2-6-10-18/h1,3-5,7,9-14,16-17,25H,2,6,8,15H2. The lowest BCUT2D eigenvalue weighted by Crippen LogP contribution is -2.13. The first-order valence-corrected chi connectivity index (χ1v) is 9.48. The number of aromatic nitrogens is 1. The molecule has 2 nitrogen and oxygen atoms in total. The van der Waals surface area contributed by atoms with Crippen LogP contribution in [-0.2, 0) is 0 Å². The van der Waals surface area contributed by atoms with Crippen LogP contribution in [0.4, 0.5) is 5.69 Å². The zero-order valence-corrected chi connectivity index (χ0v) is 14.8. The summed E-state index contributed by atoms with van der Waals surface area (Å²) in [4.78, 5) is 4.76. The Labute approximate surface area is 154 Å².